The van der Waals surface area contributed by atoms with Crippen molar-refractivity contribution in [1.29, 1.82) is 0 Å². The summed E-state index contributed by atoms with van der Waals surface area (Å²) in [5.74, 6) is -0.596. The second kappa shape index (κ2) is 3.21. The highest BCUT2D eigenvalue weighted by molar-refractivity contribution is 7.85. The fourth-order valence-corrected chi connectivity index (χ4v) is 5.40. The third kappa shape index (κ3) is 1.38. The Bertz CT molecular complexity index is 446. The number of hydrogen-bond donors (Lipinski definition) is 1. The van der Waals surface area contributed by atoms with E-state index in [0.29, 0.717) is 6.42 Å². The van der Waals surface area contributed by atoms with Crippen LogP contribution in [-0.2, 0) is 14.9 Å². The zero-order chi connectivity index (χ0) is 12.4. The lowest BCUT2D eigenvalue weighted by Crippen LogP contribution is -2.40. The minimum atomic E-state index is -4.09. The molecule has 6 heteroatoms. The van der Waals surface area contributed by atoms with Gasteiger partial charge in [0.05, 0.1) is 11.1 Å². The first-order chi connectivity index (χ1) is 7.12. The third-order valence-corrected chi connectivity index (χ3v) is 6.13. The van der Waals surface area contributed by atoms with Crippen LogP contribution >= 0.6 is 11.6 Å². The Morgan fingerprint density at radius 2 is 2.06 bits per heavy atom. The highest BCUT2D eigenvalue weighted by Crippen LogP contribution is 2.65. The van der Waals surface area contributed by atoms with E-state index >= 15 is 0 Å². The van der Waals surface area contributed by atoms with E-state index in [1.54, 1.807) is 13.8 Å². The fourth-order valence-electron chi connectivity index (χ4n) is 3.46. The largest absolute Gasteiger partial charge is 0.297 e. The molecule has 0 aliphatic heterocycles. The molecule has 0 aromatic heterocycles. The summed E-state index contributed by atoms with van der Waals surface area (Å²) in [6.45, 7) is 3.52. The van der Waals surface area contributed by atoms with Crippen LogP contribution in [0.4, 0.5) is 0 Å². The molecular weight excluding hydrogens is 252 g/mol. The van der Waals surface area contributed by atoms with Crippen molar-refractivity contribution in [1.82, 2.24) is 0 Å². The molecule has 0 radical (unpaired) electrons. The van der Waals surface area contributed by atoms with E-state index in [-0.39, 0.29) is 17.5 Å². The minimum Gasteiger partial charge on any atom is -0.297 e. The number of Topliss-reactive ketones (excluding diaryl/α,β-unsaturated/α-hetero) is 1. The Labute approximate surface area is 100 Å². The number of carbonyl (C=O) groups excluding carboxylic acids is 1. The Morgan fingerprint density at radius 1 is 1.50 bits per heavy atom. The van der Waals surface area contributed by atoms with E-state index < -0.39 is 26.3 Å². The van der Waals surface area contributed by atoms with Crippen molar-refractivity contribution in [3.63, 3.8) is 0 Å². The van der Waals surface area contributed by atoms with E-state index in [2.05, 4.69) is 0 Å². The summed E-state index contributed by atoms with van der Waals surface area (Å²) in [5, 5.41) is -0.606. The fraction of sp³-hybridized carbons (Fsp3) is 0.900. The van der Waals surface area contributed by atoms with Gasteiger partial charge in [-0.25, -0.2) is 0 Å². The second-order valence-corrected chi connectivity index (χ2v) is 7.31. The molecule has 2 aliphatic carbocycles. The molecule has 4 unspecified atom stereocenters. The number of alkyl halides is 1. The average molecular weight is 267 g/mol. The van der Waals surface area contributed by atoms with E-state index in [1.165, 1.54) is 0 Å². The van der Waals surface area contributed by atoms with E-state index in [4.69, 9.17) is 16.2 Å². The molecule has 2 aliphatic rings. The van der Waals surface area contributed by atoms with E-state index in [1.807, 2.05) is 0 Å². The molecule has 4 nitrogen and oxygen atoms in total. The van der Waals surface area contributed by atoms with E-state index in [0.717, 1.165) is 6.42 Å². The summed E-state index contributed by atoms with van der Waals surface area (Å²) >= 11 is 6.04. The molecule has 0 heterocycles. The van der Waals surface area contributed by atoms with Crippen molar-refractivity contribution in [2.45, 2.75) is 32.1 Å². The molecule has 2 fully saturated rings. The standard InChI is InChI=1S/C10H15ClO4S/c1-9-4-3-6(7(11)8(9)12)10(9,2)5-16(13,14)15/h6-7H,3-5H2,1-2H3,(H,13,14,15). The number of hydrogen-bond acceptors (Lipinski definition) is 3. The van der Waals surface area contributed by atoms with Crippen molar-refractivity contribution in [3.8, 4) is 0 Å². The lowest BCUT2D eigenvalue weighted by Gasteiger charge is -2.35. The Balaban J connectivity index is 2.47. The first-order valence-electron chi connectivity index (χ1n) is 5.25. The van der Waals surface area contributed by atoms with Gasteiger partial charge in [0.1, 0.15) is 0 Å². The first-order valence-corrected chi connectivity index (χ1v) is 7.30. The van der Waals surface area contributed by atoms with Crippen LogP contribution in [0.25, 0.3) is 0 Å². The normalized spacial score (nSPS) is 47.6. The highest BCUT2D eigenvalue weighted by atomic mass is 35.5. The lowest BCUT2D eigenvalue weighted by atomic mass is 9.70. The maximum atomic E-state index is 12.0. The molecule has 0 amide bonds. The molecular formula is C10H15ClO4S. The van der Waals surface area contributed by atoms with Gasteiger partial charge >= 0.3 is 0 Å². The predicted octanol–water partition coefficient (Wildman–Crippen LogP) is 1.49. The zero-order valence-corrected chi connectivity index (χ0v) is 10.8. The molecule has 1 N–H and O–H groups in total. The lowest BCUT2D eigenvalue weighted by molar-refractivity contribution is -0.127. The summed E-state index contributed by atoms with van der Waals surface area (Å²) in [6, 6.07) is 0. The molecule has 2 rings (SSSR count). The molecule has 2 bridgehead atoms. The van der Waals surface area contributed by atoms with Gasteiger partial charge in [-0.3, -0.25) is 9.35 Å². The van der Waals surface area contributed by atoms with Gasteiger partial charge in [0.15, 0.2) is 5.78 Å². The number of halogens is 1. The van der Waals surface area contributed by atoms with Gasteiger partial charge in [-0.15, -0.1) is 11.6 Å². The monoisotopic (exact) mass is 266 g/mol. The van der Waals surface area contributed by atoms with Crippen LogP contribution < -0.4 is 0 Å². The zero-order valence-electron chi connectivity index (χ0n) is 9.23. The maximum Gasteiger partial charge on any atom is 0.265 e. The molecule has 0 spiro atoms. The molecule has 0 aromatic carbocycles. The van der Waals surface area contributed by atoms with Crippen molar-refractivity contribution in [2.75, 3.05) is 5.75 Å². The number of ketones is 1. The summed E-state index contributed by atoms with van der Waals surface area (Å²) in [7, 11) is -4.09. The second-order valence-electron chi connectivity index (χ2n) is 5.39. The molecule has 0 aromatic rings. The number of rotatable bonds is 2. The topological polar surface area (TPSA) is 71.4 Å². The SMILES string of the molecule is CC12CCC(C(Cl)C1=O)C2(C)CS(=O)(=O)O. The third-order valence-electron chi connectivity index (χ3n) is 4.66. The highest BCUT2D eigenvalue weighted by Gasteiger charge is 2.68. The minimum absolute atomic E-state index is 0.0726. The Morgan fingerprint density at radius 3 is 2.44 bits per heavy atom. The number of fused-ring (bicyclic) bond motifs is 2. The predicted molar refractivity (Wildman–Crippen MR) is 60.0 cm³/mol. The van der Waals surface area contributed by atoms with Crippen LogP contribution in [-0.4, -0.2) is 29.9 Å². The van der Waals surface area contributed by atoms with Crippen molar-refractivity contribution >= 4 is 27.5 Å². The van der Waals surface area contributed by atoms with Gasteiger partial charge in [-0.1, -0.05) is 13.8 Å². The van der Waals surface area contributed by atoms with Crippen LogP contribution in [0.15, 0.2) is 0 Å². The molecule has 4 atom stereocenters. The van der Waals surface area contributed by atoms with Crippen LogP contribution in [0, 0.1) is 16.7 Å². The van der Waals surface area contributed by atoms with Crippen LogP contribution in [0.1, 0.15) is 26.7 Å². The summed E-state index contributed by atoms with van der Waals surface area (Å²) in [6.07, 6.45) is 1.41. The quantitative estimate of drug-likeness (QED) is 0.607. The van der Waals surface area contributed by atoms with Crippen LogP contribution in [0.5, 0.6) is 0 Å². The first kappa shape index (κ1) is 12.3. The van der Waals surface area contributed by atoms with Gasteiger partial charge in [0.25, 0.3) is 10.1 Å². The maximum absolute atomic E-state index is 12.0. The van der Waals surface area contributed by atoms with Crippen molar-refractivity contribution < 1.29 is 17.8 Å². The van der Waals surface area contributed by atoms with Gasteiger partial charge in [0.2, 0.25) is 0 Å². The van der Waals surface area contributed by atoms with E-state index in [9.17, 15) is 13.2 Å². The molecule has 16 heavy (non-hydrogen) atoms. The van der Waals surface area contributed by atoms with Crippen molar-refractivity contribution in [3.05, 3.63) is 0 Å². The number of carbonyl (C=O) groups is 1. The molecule has 2 saturated carbocycles. The summed E-state index contributed by atoms with van der Waals surface area (Å²) in [5.41, 5.74) is -1.44. The van der Waals surface area contributed by atoms with Gasteiger partial charge in [-0.2, -0.15) is 8.42 Å². The van der Waals surface area contributed by atoms with Crippen molar-refractivity contribution in [2.24, 2.45) is 16.7 Å². The Hall–Kier alpha value is -0.130. The molecule has 92 valence electrons. The Kier molecular flexibility index (Phi) is 2.47. The summed E-state index contributed by atoms with van der Waals surface area (Å²) < 4.78 is 31.1. The molecule has 0 saturated heterocycles. The van der Waals surface area contributed by atoms with Gasteiger partial charge in [-0.05, 0) is 18.8 Å². The van der Waals surface area contributed by atoms with Gasteiger partial charge < -0.3 is 0 Å². The van der Waals surface area contributed by atoms with Crippen LogP contribution in [0.2, 0.25) is 0 Å². The van der Waals surface area contributed by atoms with Crippen LogP contribution in [0.3, 0.4) is 0 Å². The smallest absolute Gasteiger partial charge is 0.265 e. The summed E-state index contributed by atoms with van der Waals surface area (Å²) in [4.78, 5) is 12.0. The average Bonchev–Trinajstić information content (AvgIpc) is 2.40. The van der Waals surface area contributed by atoms with Gasteiger partial charge in [0, 0.05) is 10.8 Å².